The molecule has 0 aliphatic carbocycles. The summed E-state index contributed by atoms with van der Waals surface area (Å²) in [7, 11) is -0.703. The van der Waals surface area contributed by atoms with E-state index in [-0.39, 0.29) is 28.8 Å². The molecule has 23 heavy (non-hydrogen) atoms. The maximum atomic E-state index is 13.0. The molecule has 0 aromatic heterocycles. The van der Waals surface area contributed by atoms with Crippen molar-refractivity contribution in [2.24, 2.45) is 11.1 Å². The Morgan fingerprint density at radius 3 is 2.43 bits per heavy atom. The molecule has 1 saturated heterocycles. The first kappa shape index (κ1) is 20.0. The molecule has 0 amide bonds. The van der Waals surface area contributed by atoms with Crippen LogP contribution in [0.25, 0.3) is 0 Å². The first-order valence-corrected chi connectivity index (χ1v) is 8.64. The van der Waals surface area contributed by atoms with E-state index in [9.17, 15) is 8.42 Å². The van der Waals surface area contributed by atoms with Gasteiger partial charge in [-0.25, -0.2) is 8.42 Å². The maximum Gasteiger partial charge on any atom is 0.246 e. The molecule has 0 saturated carbocycles. The highest BCUT2D eigenvalue weighted by atomic mass is 35.5. The zero-order valence-corrected chi connectivity index (χ0v) is 15.5. The third-order valence-electron chi connectivity index (χ3n) is 4.27. The van der Waals surface area contributed by atoms with Gasteiger partial charge < -0.3 is 15.2 Å². The van der Waals surface area contributed by atoms with Gasteiger partial charge in [0.25, 0.3) is 0 Å². The minimum atomic E-state index is -3.66. The summed E-state index contributed by atoms with van der Waals surface area (Å²) in [6.45, 7) is 4.77. The topological polar surface area (TPSA) is 81.9 Å². The maximum absolute atomic E-state index is 13.0. The summed E-state index contributed by atoms with van der Waals surface area (Å²) in [5, 5.41) is 0. The molecule has 2 rings (SSSR count). The Morgan fingerprint density at radius 1 is 1.26 bits per heavy atom. The highest BCUT2D eigenvalue weighted by molar-refractivity contribution is 7.89. The van der Waals surface area contributed by atoms with E-state index in [1.807, 2.05) is 13.8 Å². The fourth-order valence-electron chi connectivity index (χ4n) is 2.65. The second-order valence-corrected chi connectivity index (χ2v) is 8.15. The van der Waals surface area contributed by atoms with Crippen molar-refractivity contribution in [3.05, 3.63) is 18.2 Å². The summed E-state index contributed by atoms with van der Waals surface area (Å²) in [5.74, 6) is 0.792. The number of hydrogen-bond donors (Lipinski definition) is 1. The van der Waals surface area contributed by atoms with E-state index in [1.54, 1.807) is 12.1 Å². The van der Waals surface area contributed by atoms with Gasteiger partial charge in [0.05, 0.1) is 14.2 Å². The number of rotatable bonds is 4. The quantitative estimate of drug-likeness (QED) is 0.882. The number of piperidine rings is 1. The van der Waals surface area contributed by atoms with Crippen molar-refractivity contribution < 1.29 is 17.9 Å². The van der Waals surface area contributed by atoms with E-state index in [0.29, 0.717) is 31.0 Å². The minimum absolute atomic E-state index is 0. The lowest BCUT2D eigenvalue weighted by Crippen LogP contribution is -2.53. The molecule has 1 heterocycles. The van der Waals surface area contributed by atoms with Crippen LogP contribution in [0.2, 0.25) is 0 Å². The van der Waals surface area contributed by atoms with E-state index in [0.717, 1.165) is 0 Å². The number of nitrogens with two attached hydrogens (primary N) is 1. The second kappa shape index (κ2) is 7.25. The number of benzene rings is 1. The van der Waals surface area contributed by atoms with Gasteiger partial charge in [0.15, 0.2) is 0 Å². The third-order valence-corrected chi connectivity index (χ3v) is 6.13. The van der Waals surface area contributed by atoms with Crippen LogP contribution in [-0.4, -0.2) is 46.1 Å². The van der Waals surface area contributed by atoms with Crippen LogP contribution >= 0.6 is 12.4 Å². The monoisotopic (exact) mass is 364 g/mol. The van der Waals surface area contributed by atoms with Gasteiger partial charge in [0.2, 0.25) is 10.0 Å². The summed E-state index contributed by atoms with van der Waals surface area (Å²) >= 11 is 0. The molecule has 1 aromatic carbocycles. The van der Waals surface area contributed by atoms with Crippen molar-refractivity contribution in [3.63, 3.8) is 0 Å². The molecule has 1 aromatic rings. The van der Waals surface area contributed by atoms with Gasteiger partial charge in [-0.3, -0.25) is 0 Å². The average molecular weight is 365 g/mol. The van der Waals surface area contributed by atoms with Crippen LogP contribution < -0.4 is 15.2 Å². The average Bonchev–Trinajstić information content (AvgIpc) is 2.49. The fourth-order valence-corrected chi connectivity index (χ4v) is 4.45. The summed E-state index contributed by atoms with van der Waals surface area (Å²) in [6, 6.07) is 4.77. The second-order valence-electron chi connectivity index (χ2n) is 6.24. The minimum Gasteiger partial charge on any atom is -0.497 e. The molecule has 1 atom stereocenters. The van der Waals surface area contributed by atoms with E-state index < -0.39 is 10.0 Å². The standard InChI is InChI=1S/C15H24N2O4S.ClH/c1-15(2)10-17(8-7-14(15)16)22(18,19)13-9-11(20-3)5-6-12(13)21-4;/h5-6,9,14H,7-8,10,16H2,1-4H3;1H. The van der Waals surface area contributed by atoms with Crippen molar-refractivity contribution in [2.75, 3.05) is 27.3 Å². The van der Waals surface area contributed by atoms with Crippen LogP contribution in [0.3, 0.4) is 0 Å². The Bertz CT molecular complexity index is 649. The van der Waals surface area contributed by atoms with Crippen LogP contribution in [0.4, 0.5) is 0 Å². The van der Waals surface area contributed by atoms with Crippen LogP contribution in [0, 0.1) is 5.41 Å². The zero-order valence-electron chi connectivity index (χ0n) is 13.9. The number of hydrogen-bond acceptors (Lipinski definition) is 5. The smallest absolute Gasteiger partial charge is 0.246 e. The number of ether oxygens (including phenoxy) is 2. The lowest BCUT2D eigenvalue weighted by Gasteiger charge is -2.41. The fraction of sp³-hybridized carbons (Fsp3) is 0.600. The van der Waals surface area contributed by atoms with Gasteiger partial charge in [-0.15, -0.1) is 12.4 Å². The van der Waals surface area contributed by atoms with Gasteiger partial charge in [-0.05, 0) is 24.0 Å². The SMILES string of the molecule is COc1ccc(OC)c(S(=O)(=O)N2CCC(N)C(C)(C)C2)c1.Cl. The molecule has 0 radical (unpaired) electrons. The van der Waals surface area contributed by atoms with Crippen LogP contribution in [-0.2, 0) is 10.0 Å². The van der Waals surface area contributed by atoms with Crippen LogP contribution in [0.1, 0.15) is 20.3 Å². The molecule has 132 valence electrons. The zero-order chi connectivity index (χ0) is 16.5. The molecule has 0 spiro atoms. The van der Waals surface area contributed by atoms with E-state index >= 15 is 0 Å². The van der Waals surface area contributed by atoms with Crippen molar-refractivity contribution in [1.82, 2.24) is 4.31 Å². The van der Waals surface area contributed by atoms with Gasteiger partial charge in [-0.2, -0.15) is 4.31 Å². The first-order valence-electron chi connectivity index (χ1n) is 7.20. The molecular formula is C15H25ClN2O4S. The summed E-state index contributed by atoms with van der Waals surface area (Å²) in [4.78, 5) is 0.126. The summed E-state index contributed by atoms with van der Waals surface area (Å²) in [5.41, 5.74) is 5.83. The lowest BCUT2D eigenvalue weighted by molar-refractivity contribution is 0.155. The van der Waals surface area contributed by atoms with Crippen molar-refractivity contribution >= 4 is 22.4 Å². The lowest BCUT2D eigenvalue weighted by atomic mass is 9.81. The molecule has 6 nitrogen and oxygen atoms in total. The van der Waals surface area contributed by atoms with Gasteiger partial charge >= 0.3 is 0 Å². The Morgan fingerprint density at radius 2 is 1.91 bits per heavy atom. The van der Waals surface area contributed by atoms with Gasteiger partial charge in [0, 0.05) is 25.2 Å². The molecular weight excluding hydrogens is 340 g/mol. The highest BCUT2D eigenvalue weighted by Crippen LogP contribution is 2.35. The third kappa shape index (κ3) is 3.91. The summed E-state index contributed by atoms with van der Waals surface area (Å²) < 4.78 is 37.8. The van der Waals surface area contributed by atoms with Gasteiger partial charge in [0.1, 0.15) is 16.4 Å². The largest absolute Gasteiger partial charge is 0.497 e. The predicted molar refractivity (Wildman–Crippen MR) is 91.9 cm³/mol. The van der Waals surface area contributed by atoms with E-state index in [2.05, 4.69) is 0 Å². The van der Waals surface area contributed by atoms with Crippen molar-refractivity contribution in [2.45, 2.75) is 31.2 Å². The summed E-state index contributed by atoms with van der Waals surface area (Å²) in [6.07, 6.45) is 0.637. The Hall–Kier alpha value is -1.02. The van der Waals surface area contributed by atoms with Gasteiger partial charge in [-0.1, -0.05) is 13.8 Å². The predicted octanol–water partition coefficient (Wildman–Crippen LogP) is 1.87. The molecule has 1 aliphatic heterocycles. The normalized spacial score (nSPS) is 21.3. The molecule has 1 fully saturated rings. The molecule has 1 aliphatic rings. The Kier molecular flexibility index (Phi) is 6.32. The van der Waals surface area contributed by atoms with Crippen molar-refractivity contribution in [3.8, 4) is 11.5 Å². The number of halogens is 1. The van der Waals surface area contributed by atoms with Crippen LogP contribution in [0.15, 0.2) is 23.1 Å². The molecule has 0 bridgehead atoms. The van der Waals surface area contributed by atoms with Crippen molar-refractivity contribution in [1.29, 1.82) is 0 Å². The first-order chi connectivity index (χ1) is 10.2. The number of nitrogens with zero attached hydrogens (tertiary/aromatic N) is 1. The Labute approximate surface area is 144 Å². The molecule has 2 N–H and O–H groups in total. The number of methoxy groups -OCH3 is 2. The highest BCUT2D eigenvalue weighted by Gasteiger charge is 2.39. The number of sulfonamides is 1. The van der Waals surface area contributed by atoms with E-state index in [4.69, 9.17) is 15.2 Å². The van der Waals surface area contributed by atoms with E-state index in [1.165, 1.54) is 24.6 Å². The molecule has 8 heteroatoms. The van der Waals surface area contributed by atoms with Crippen LogP contribution in [0.5, 0.6) is 11.5 Å². The Balaban J connectivity index is 0.00000264. The molecule has 1 unspecified atom stereocenters.